The highest BCUT2D eigenvalue weighted by Crippen LogP contribution is 2.13. The number of thiazole rings is 1. The molecule has 1 N–H and O–H groups in total. The zero-order chi connectivity index (χ0) is 11.4. The lowest BCUT2D eigenvalue weighted by molar-refractivity contribution is -0.114. The Hall–Kier alpha value is -1.82. The Balaban J connectivity index is 1.88. The number of carbonyl (C=O) groups excluding carboxylic acids is 1. The van der Waals surface area contributed by atoms with E-state index in [-0.39, 0.29) is 12.5 Å². The van der Waals surface area contributed by atoms with E-state index >= 15 is 0 Å². The number of hydrogen-bond acceptors (Lipinski definition) is 5. The molecule has 16 heavy (non-hydrogen) atoms. The van der Waals surface area contributed by atoms with Gasteiger partial charge in [0, 0.05) is 24.7 Å². The molecule has 0 atom stereocenters. The number of nitrogens with one attached hydrogen (secondary N) is 1. The summed E-state index contributed by atoms with van der Waals surface area (Å²) in [7, 11) is 1.79. The number of rotatable bonds is 4. The maximum atomic E-state index is 11.6. The molecule has 2 aromatic rings. The van der Waals surface area contributed by atoms with Gasteiger partial charge in [0.15, 0.2) is 11.0 Å². The second-order valence-corrected chi connectivity index (χ2v) is 4.09. The van der Waals surface area contributed by atoms with Crippen molar-refractivity contribution in [1.29, 1.82) is 0 Å². The Morgan fingerprint density at radius 1 is 1.69 bits per heavy atom. The zero-order valence-electron chi connectivity index (χ0n) is 8.71. The van der Waals surface area contributed by atoms with Crippen LogP contribution in [0.2, 0.25) is 0 Å². The van der Waals surface area contributed by atoms with Crippen molar-refractivity contribution in [2.24, 2.45) is 0 Å². The van der Waals surface area contributed by atoms with Gasteiger partial charge in [-0.3, -0.25) is 4.79 Å². The van der Waals surface area contributed by atoms with Gasteiger partial charge in [0.05, 0.1) is 12.8 Å². The molecule has 0 fully saturated rings. The van der Waals surface area contributed by atoms with E-state index in [1.165, 1.54) is 11.3 Å². The molecule has 0 unspecified atom stereocenters. The number of amides is 1. The maximum Gasteiger partial charge on any atom is 0.245 e. The van der Waals surface area contributed by atoms with Crippen LogP contribution in [0.3, 0.4) is 0 Å². The molecule has 0 aliphatic carbocycles. The standard InChI is InChI=1S/C10H11N3O2S/c1-13(9-3-2-5-15-9)7-8(14)12-10-11-4-6-16-10/h2-6H,7H2,1H3,(H,11,12,14). The molecule has 0 aliphatic rings. The fraction of sp³-hybridized carbons (Fsp3) is 0.200. The van der Waals surface area contributed by atoms with Crippen LogP contribution < -0.4 is 10.2 Å². The molecular weight excluding hydrogens is 226 g/mol. The van der Waals surface area contributed by atoms with E-state index in [2.05, 4.69) is 10.3 Å². The third-order valence-electron chi connectivity index (χ3n) is 1.94. The third kappa shape index (κ3) is 2.60. The Morgan fingerprint density at radius 2 is 2.56 bits per heavy atom. The Kier molecular flexibility index (Phi) is 3.21. The Bertz CT molecular complexity index is 439. The van der Waals surface area contributed by atoms with Crippen molar-refractivity contribution in [3.05, 3.63) is 30.0 Å². The molecule has 6 heteroatoms. The summed E-state index contributed by atoms with van der Waals surface area (Å²) in [4.78, 5) is 17.3. The lowest BCUT2D eigenvalue weighted by atomic mass is 10.5. The second-order valence-electron chi connectivity index (χ2n) is 3.19. The normalized spacial score (nSPS) is 10.1. The summed E-state index contributed by atoms with van der Waals surface area (Å²) in [5.41, 5.74) is 0. The number of anilines is 2. The second kappa shape index (κ2) is 4.80. The summed E-state index contributed by atoms with van der Waals surface area (Å²) >= 11 is 1.39. The quantitative estimate of drug-likeness (QED) is 0.881. The van der Waals surface area contributed by atoms with Crippen LogP contribution in [0.15, 0.2) is 34.4 Å². The lowest BCUT2D eigenvalue weighted by Crippen LogP contribution is -2.29. The van der Waals surface area contributed by atoms with E-state index in [4.69, 9.17) is 4.42 Å². The van der Waals surface area contributed by atoms with Crippen LogP contribution in [-0.4, -0.2) is 24.5 Å². The van der Waals surface area contributed by atoms with Crippen LogP contribution in [0.5, 0.6) is 0 Å². The first-order chi connectivity index (χ1) is 7.75. The van der Waals surface area contributed by atoms with Crippen LogP contribution in [0, 0.1) is 0 Å². The number of furan rings is 1. The van der Waals surface area contributed by atoms with Crippen molar-refractivity contribution >= 4 is 28.3 Å². The van der Waals surface area contributed by atoms with E-state index in [0.29, 0.717) is 11.0 Å². The molecule has 0 radical (unpaired) electrons. The highest BCUT2D eigenvalue weighted by Gasteiger charge is 2.10. The molecule has 0 bridgehead atoms. The van der Waals surface area contributed by atoms with Crippen molar-refractivity contribution in [3.63, 3.8) is 0 Å². The summed E-state index contributed by atoms with van der Waals surface area (Å²) < 4.78 is 5.16. The molecule has 2 aromatic heterocycles. The highest BCUT2D eigenvalue weighted by molar-refractivity contribution is 7.13. The minimum atomic E-state index is -0.117. The molecule has 1 amide bonds. The van der Waals surface area contributed by atoms with Crippen molar-refractivity contribution in [1.82, 2.24) is 4.98 Å². The number of carbonyl (C=O) groups is 1. The molecule has 0 saturated heterocycles. The SMILES string of the molecule is CN(CC(=O)Nc1nccs1)c1ccco1. The number of nitrogens with zero attached hydrogens (tertiary/aromatic N) is 2. The van der Waals surface area contributed by atoms with Gasteiger partial charge in [-0.2, -0.15) is 0 Å². The highest BCUT2D eigenvalue weighted by atomic mass is 32.1. The molecular formula is C10H11N3O2S. The summed E-state index contributed by atoms with van der Waals surface area (Å²) in [5.74, 6) is 0.545. The van der Waals surface area contributed by atoms with Gasteiger partial charge in [-0.1, -0.05) is 0 Å². The molecule has 2 heterocycles. The Labute approximate surface area is 96.7 Å². The predicted octanol–water partition coefficient (Wildman–Crippen LogP) is 1.81. The first-order valence-electron chi connectivity index (χ1n) is 4.69. The topological polar surface area (TPSA) is 58.4 Å². The Morgan fingerprint density at radius 3 is 3.19 bits per heavy atom. The largest absolute Gasteiger partial charge is 0.449 e. The zero-order valence-corrected chi connectivity index (χ0v) is 9.53. The molecule has 0 spiro atoms. The summed E-state index contributed by atoms with van der Waals surface area (Å²) in [6, 6.07) is 3.58. The molecule has 2 rings (SSSR count). The number of aromatic nitrogens is 1. The van der Waals surface area contributed by atoms with Gasteiger partial charge >= 0.3 is 0 Å². The molecule has 0 aromatic carbocycles. The van der Waals surface area contributed by atoms with Gasteiger partial charge in [-0.25, -0.2) is 4.98 Å². The average Bonchev–Trinajstić information content (AvgIpc) is 2.88. The van der Waals surface area contributed by atoms with Crippen molar-refractivity contribution in [3.8, 4) is 0 Å². The van der Waals surface area contributed by atoms with Gasteiger partial charge in [-0.15, -0.1) is 11.3 Å². The molecule has 5 nitrogen and oxygen atoms in total. The van der Waals surface area contributed by atoms with Crippen molar-refractivity contribution < 1.29 is 9.21 Å². The van der Waals surface area contributed by atoms with Gasteiger partial charge in [-0.05, 0) is 6.07 Å². The molecule has 84 valence electrons. The van der Waals surface area contributed by atoms with E-state index in [9.17, 15) is 4.79 Å². The van der Waals surface area contributed by atoms with Crippen LogP contribution in [0.4, 0.5) is 11.0 Å². The van der Waals surface area contributed by atoms with Crippen LogP contribution in [-0.2, 0) is 4.79 Å². The first-order valence-corrected chi connectivity index (χ1v) is 5.57. The van der Waals surface area contributed by atoms with E-state index in [1.54, 1.807) is 36.5 Å². The predicted molar refractivity (Wildman–Crippen MR) is 62.7 cm³/mol. The van der Waals surface area contributed by atoms with Gasteiger partial charge in [0.2, 0.25) is 5.91 Å². The first kappa shape index (κ1) is 10.7. The fourth-order valence-electron chi connectivity index (χ4n) is 1.22. The van der Waals surface area contributed by atoms with Gasteiger partial charge < -0.3 is 14.6 Å². The summed E-state index contributed by atoms with van der Waals surface area (Å²) in [5, 5.41) is 5.12. The summed E-state index contributed by atoms with van der Waals surface area (Å²) in [6.45, 7) is 0.229. The third-order valence-corrected chi connectivity index (χ3v) is 2.63. The summed E-state index contributed by atoms with van der Waals surface area (Å²) in [6.07, 6.45) is 3.22. The van der Waals surface area contributed by atoms with E-state index in [0.717, 1.165) is 0 Å². The minimum Gasteiger partial charge on any atom is -0.449 e. The molecule has 0 saturated carbocycles. The monoisotopic (exact) mass is 237 g/mol. The van der Waals surface area contributed by atoms with E-state index in [1.807, 2.05) is 5.38 Å². The fourth-order valence-corrected chi connectivity index (χ4v) is 1.77. The van der Waals surface area contributed by atoms with E-state index < -0.39 is 0 Å². The smallest absolute Gasteiger partial charge is 0.245 e. The number of hydrogen-bond donors (Lipinski definition) is 1. The van der Waals surface area contributed by atoms with Crippen LogP contribution in [0.1, 0.15) is 0 Å². The molecule has 0 aliphatic heterocycles. The average molecular weight is 237 g/mol. The maximum absolute atomic E-state index is 11.6. The lowest BCUT2D eigenvalue weighted by Gasteiger charge is -2.14. The minimum absolute atomic E-state index is 0.117. The number of likely N-dealkylation sites (N-methyl/N-ethyl adjacent to an activating group) is 1. The van der Waals surface area contributed by atoms with Gasteiger partial charge in [0.25, 0.3) is 0 Å². The van der Waals surface area contributed by atoms with Crippen LogP contribution >= 0.6 is 11.3 Å². The van der Waals surface area contributed by atoms with Crippen molar-refractivity contribution in [2.45, 2.75) is 0 Å². The van der Waals surface area contributed by atoms with Crippen molar-refractivity contribution in [2.75, 3.05) is 23.8 Å². The van der Waals surface area contributed by atoms with Crippen LogP contribution in [0.25, 0.3) is 0 Å². The van der Waals surface area contributed by atoms with Gasteiger partial charge in [0.1, 0.15) is 0 Å².